The minimum Gasteiger partial charge on any atom is -0.353 e. The summed E-state index contributed by atoms with van der Waals surface area (Å²) in [6, 6.07) is 0. The standard InChI is InChI=1S/C14H21F3O4/c1-18-11-13-6-3-2-4-10(13)5-7-12(19-11,20-21-13)8-9-14(15,16)17/h10-11H,2-9H2,1H3/t10-,11+,12+,13+/m1/s1. The van der Waals surface area contributed by atoms with Gasteiger partial charge in [-0.2, -0.15) is 13.2 Å². The van der Waals surface area contributed by atoms with Crippen LogP contribution in [0.2, 0.25) is 0 Å². The minimum atomic E-state index is -4.24. The zero-order valence-corrected chi connectivity index (χ0v) is 12.1. The van der Waals surface area contributed by atoms with E-state index in [2.05, 4.69) is 0 Å². The topological polar surface area (TPSA) is 36.9 Å². The van der Waals surface area contributed by atoms with Gasteiger partial charge in [0, 0.05) is 26.4 Å². The Labute approximate surface area is 121 Å². The molecule has 0 unspecified atom stereocenters. The summed E-state index contributed by atoms with van der Waals surface area (Å²) in [7, 11) is 1.51. The highest BCUT2D eigenvalue weighted by atomic mass is 19.4. The maximum absolute atomic E-state index is 12.5. The van der Waals surface area contributed by atoms with Crippen LogP contribution in [0.25, 0.3) is 0 Å². The Morgan fingerprint density at radius 2 is 1.95 bits per heavy atom. The van der Waals surface area contributed by atoms with Gasteiger partial charge < -0.3 is 9.47 Å². The van der Waals surface area contributed by atoms with E-state index in [4.69, 9.17) is 19.2 Å². The minimum absolute atomic E-state index is 0.214. The maximum Gasteiger partial charge on any atom is 0.389 e. The lowest BCUT2D eigenvalue weighted by molar-refractivity contribution is -0.553. The SMILES string of the molecule is CO[C@H]1O[C@@]2(CCC(F)(F)F)CC[C@H]3CCCC[C@]31OO2. The molecule has 1 saturated carbocycles. The Hall–Kier alpha value is -0.370. The molecule has 21 heavy (non-hydrogen) atoms. The first kappa shape index (κ1) is 15.5. The van der Waals surface area contributed by atoms with E-state index >= 15 is 0 Å². The molecule has 1 aliphatic carbocycles. The van der Waals surface area contributed by atoms with Crippen molar-refractivity contribution < 1.29 is 32.4 Å². The molecule has 0 radical (unpaired) electrons. The summed E-state index contributed by atoms with van der Waals surface area (Å²) in [6.45, 7) is 0. The number of halogens is 3. The first-order valence-corrected chi connectivity index (χ1v) is 7.53. The van der Waals surface area contributed by atoms with Crippen LogP contribution < -0.4 is 0 Å². The zero-order valence-electron chi connectivity index (χ0n) is 12.1. The molecule has 4 atom stereocenters. The van der Waals surface area contributed by atoms with Gasteiger partial charge in [-0.05, 0) is 25.2 Å². The number of ether oxygens (including phenoxy) is 2. The fourth-order valence-corrected chi connectivity index (χ4v) is 3.86. The second kappa shape index (κ2) is 5.37. The first-order valence-electron chi connectivity index (χ1n) is 7.53. The number of hydrogen-bond donors (Lipinski definition) is 0. The molecule has 4 aliphatic rings. The predicted molar refractivity (Wildman–Crippen MR) is 66.0 cm³/mol. The molecule has 3 aliphatic heterocycles. The molecular weight excluding hydrogens is 289 g/mol. The highest BCUT2D eigenvalue weighted by molar-refractivity contribution is 4.99. The fraction of sp³-hybridized carbons (Fsp3) is 1.00. The first-order chi connectivity index (χ1) is 9.89. The Kier molecular flexibility index (Phi) is 3.97. The van der Waals surface area contributed by atoms with Crippen LogP contribution in [0.4, 0.5) is 13.2 Å². The third-order valence-electron chi connectivity index (χ3n) is 5.01. The van der Waals surface area contributed by atoms with E-state index in [-0.39, 0.29) is 12.3 Å². The quantitative estimate of drug-likeness (QED) is 0.745. The van der Waals surface area contributed by atoms with Gasteiger partial charge in [-0.25, -0.2) is 9.78 Å². The van der Waals surface area contributed by atoms with Gasteiger partial charge >= 0.3 is 6.18 Å². The van der Waals surface area contributed by atoms with Crippen molar-refractivity contribution in [2.75, 3.05) is 7.11 Å². The summed E-state index contributed by atoms with van der Waals surface area (Å²) >= 11 is 0. The normalized spacial score (nSPS) is 43.4. The number of alkyl halides is 3. The Balaban J connectivity index is 1.81. The number of methoxy groups -OCH3 is 1. The van der Waals surface area contributed by atoms with E-state index in [1.165, 1.54) is 7.11 Å². The van der Waals surface area contributed by atoms with Gasteiger partial charge in [-0.15, -0.1) is 0 Å². The fourth-order valence-electron chi connectivity index (χ4n) is 3.86. The summed E-state index contributed by atoms with van der Waals surface area (Å²) < 4.78 is 48.8. The average Bonchev–Trinajstić information content (AvgIpc) is 2.70. The molecule has 2 bridgehead atoms. The van der Waals surface area contributed by atoms with Crippen molar-refractivity contribution in [1.29, 1.82) is 0 Å². The highest BCUT2D eigenvalue weighted by Gasteiger charge is 2.61. The lowest BCUT2D eigenvalue weighted by Crippen LogP contribution is -2.60. The molecule has 1 spiro atoms. The number of fused-ring (bicyclic) bond motifs is 3. The monoisotopic (exact) mass is 310 g/mol. The molecule has 0 aromatic heterocycles. The Bertz CT molecular complexity index is 385. The molecular formula is C14H21F3O4. The third kappa shape index (κ3) is 2.81. The van der Waals surface area contributed by atoms with Crippen molar-refractivity contribution in [3.63, 3.8) is 0 Å². The molecule has 0 N–H and O–H groups in total. The van der Waals surface area contributed by atoms with Crippen LogP contribution in [0, 0.1) is 5.92 Å². The van der Waals surface area contributed by atoms with Crippen molar-refractivity contribution in [2.45, 2.75) is 75.2 Å². The van der Waals surface area contributed by atoms with Crippen LogP contribution in [0.15, 0.2) is 0 Å². The van der Waals surface area contributed by atoms with E-state index < -0.39 is 30.3 Å². The molecule has 4 rings (SSSR count). The van der Waals surface area contributed by atoms with Crippen LogP contribution in [0.3, 0.4) is 0 Å². The summed E-state index contributed by atoms with van der Waals surface area (Å²) in [5, 5.41) is 0. The molecule has 3 heterocycles. The predicted octanol–water partition coefficient (Wildman–Crippen LogP) is 3.70. The van der Waals surface area contributed by atoms with E-state index in [0.29, 0.717) is 6.42 Å². The highest BCUT2D eigenvalue weighted by Crippen LogP contribution is 2.53. The van der Waals surface area contributed by atoms with Gasteiger partial charge in [0.25, 0.3) is 0 Å². The Morgan fingerprint density at radius 1 is 1.14 bits per heavy atom. The summed E-state index contributed by atoms with van der Waals surface area (Å²) in [5.41, 5.74) is -0.661. The molecule has 3 saturated heterocycles. The average molecular weight is 310 g/mol. The summed E-state index contributed by atoms with van der Waals surface area (Å²) in [6.07, 6.45) is -1.14. The summed E-state index contributed by atoms with van der Waals surface area (Å²) in [5.74, 6) is -1.12. The van der Waals surface area contributed by atoms with Crippen molar-refractivity contribution in [2.24, 2.45) is 5.92 Å². The number of hydrogen-bond acceptors (Lipinski definition) is 4. The molecule has 4 nitrogen and oxygen atoms in total. The maximum atomic E-state index is 12.5. The van der Waals surface area contributed by atoms with E-state index in [1.807, 2.05) is 0 Å². The largest absolute Gasteiger partial charge is 0.389 e. The van der Waals surface area contributed by atoms with E-state index in [1.54, 1.807) is 0 Å². The summed E-state index contributed by atoms with van der Waals surface area (Å²) in [4.78, 5) is 11.0. The van der Waals surface area contributed by atoms with Crippen LogP contribution >= 0.6 is 0 Å². The van der Waals surface area contributed by atoms with Crippen LogP contribution in [-0.2, 0) is 19.2 Å². The van der Waals surface area contributed by atoms with Crippen molar-refractivity contribution in [1.82, 2.24) is 0 Å². The molecule has 4 fully saturated rings. The van der Waals surface area contributed by atoms with Gasteiger partial charge in [0.05, 0.1) is 0 Å². The molecule has 7 heteroatoms. The second-order valence-corrected chi connectivity index (χ2v) is 6.31. The van der Waals surface area contributed by atoms with Crippen LogP contribution in [0.1, 0.15) is 51.4 Å². The lowest BCUT2D eigenvalue weighted by atomic mass is 9.73. The van der Waals surface area contributed by atoms with E-state index in [9.17, 15) is 13.2 Å². The third-order valence-corrected chi connectivity index (χ3v) is 5.01. The number of rotatable bonds is 3. The van der Waals surface area contributed by atoms with Crippen LogP contribution in [0.5, 0.6) is 0 Å². The molecule has 0 aromatic rings. The zero-order chi connectivity index (χ0) is 15.1. The van der Waals surface area contributed by atoms with Crippen LogP contribution in [-0.4, -0.2) is 31.0 Å². The van der Waals surface area contributed by atoms with Gasteiger partial charge in [0.15, 0.2) is 11.9 Å². The van der Waals surface area contributed by atoms with E-state index in [0.717, 1.165) is 32.1 Å². The van der Waals surface area contributed by atoms with Gasteiger partial charge in [-0.1, -0.05) is 12.8 Å². The van der Waals surface area contributed by atoms with Gasteiger partial charge in [0.2, 0.25) is 5.79 Å². The molecule has 122 valence electrons. The second-order valence-electron chi connectivity index (χ2n) is 6.31. The Morgan fingerprint density at radius 3 is 2.67 bits per heavy atom. The molecule has 0 aromatic carbocycles. The van der Waals surface area contributed by atoms with Gasteiger partial charge in [-0.3, -0.25) is 0 Å². The molecule has 0 amide bonds. The lowest BCUT2D eigenvalue weighted by Gasteiger charge is -2.49. The van der Waals surface area contributed by atoms with Crippen molar-refractivity contribution in [3.05, 3.63) is 0 Å². The van der Waals surface area contributed by atoms with Gasteiger partial charge in [0.1, 0.15) is 0 Å². The smallest absolute Gasteiger partial charge is 0.353 e. The van der Waals surface area contributed by atoms with Crippen molar-refractivity contribution >= 4 is 0 Å². The van der Waals surface area contributed by atoms with Crippen molar-refractivity contribution in [3.8, 4) is 0 Å².